The number of hydrogen-bond donors (Lipinski definition) is 1. The summed E-state index contributed by atoms with van der Waals surface area (Å²) in [4.78, 5) is 14.0. The van der Waals surface area contributed by atoms with E-state index in [0.717, 1.165) is 35.2 Å². The van der Waals surface area contributed by atoms with Crippen LogP contribution in [-0.2, 0) is 4.79 Å². The number of hydrogen-bond acceptors (Lipinski definition) is 3. The number of nitrogens with zero attached hydrogens (tertiary/aromatic N) is 1. The van der Waals surface area contributed by atoms with Crippen LogP contribution in [0.5, 0.6) is 5.75 Å². The first-order valence-electron chi connectivity index (χ1n) is 9.88. The summed E-state index contributed by atoms with van der Waals surface area (Å²) in [6.45, 7) is 3.30. The molecule has 2 atom stereocenters. The largest absolute Gasteiger partial charge is 0.494 e. The summed E-state index contributed by atoms with van der Waals surface area (Å²) >= 11 is 0. The fraction of sp³-hybridized carbons (Fsp3) is 0.292. The number of likely N-dealkylation sites (tertiary alicyclic amines) is 1. The maximum absolute atomic E-state index is 11.9. The molecule has 0 bridgehead atoms. The predicted molar refractivity (Wildman–Crippen MR) is 111 cm³/mol. The van der Waals surface area contributed by atoms with Crippen molar-refractivity contribution in [1.82, 2.24) is 4.90 Å². The van der Waals surface area contributed by atoms with E-state index in [1.807, 2.05) is 37.3 Å². The van der Waals surface area contributed by atoms with Gasteiger partial charge in [0.1, 0.15) is 11.8 Å². The minimum Gasteiger partial charge on any atom is -0.494 e. The van der Waals surface area contributed by atoms with Crippen molar-refractivity contribution in [3.63, 3.8) is 0 Å². The Kier molecular flexibility index (Phi) is 5.31. The maximum atomic E-state index is 11.9. The summed E-state index contributed by atoms with van der Waals surface area (Å²) in [5, 5.41) is 12.1. The van der Waals surface area contributed by atoms with Crippen molar-refractivity contribution < 1.29 is 14.6 Å². The van der Waals surface area contributed by atoms with Crippen LogP contribution < -0.4 is 4.74 Å². The van der Waals surface area contributed by atoms with E-state index in [1.54, 1.807) is 0 Å². The van der Waals surface area contributed by atoms with Gasteiger partial charge >= 0.3 is 5.97 Å². The van der Waals surface area contributed by atoms with Gasteiger partial charge in [-0.2, -0.15) is 0 Å². The van der Waals surface area contributed by atoms with E-state index in [4.69, 9.17) is 4.74 Å². The normalized spacial score (nSPS) is 18.2. The minimum absolute atomic E-state index is 0.157. The third-order valence-electron chi connectivity index (χ3n) is 5.51. The van der Waals surface area contributed by atoms with E-state index in [2.05, 4.69) is 41.3 Å². The molecule has 2 unspecified atom stereocenters. The van der Waals surface area contributed by atoms with Crippen molar-refractivity contribution in [2.45, 2.75) is 31.8 Å². The fourth-order valence-corrected chi connectivity index (χ4v) is 4.28. The molecule has 0 amide bonds. The van der Waals surface area contributed by atoms with Crippen molar-refractivity contribution in [2.24, 2.45) is 0 Å². The van der Waals surface area contributed by atoms with Crippen molar-refractivity contribution in [2.75, 3.05) is 13.2 Å². The van der Waals surface area contributed by atoms with E-state index >= 15 is 0 Å². The highest BCUT2D eigenvalue weighted by molar-refractivity contribution is 5.83. The molecule has 1 aliphatic heterocycles. The first-order chi connectivity index (χ1) is 13.7. The number of ether oxygens (including phenoxy) is 1. The van der Waals surface area contributed by atoms with Crippen molar-refractivity contribution in [3.05, 3.63) is 77.9 Å². The van der Waals surface area contributed by atoms with Crippen LogP contribution in [0.3, 0.4) is 0 Å². The quantitative estimate of drug-likeness (QED) is 0.667. The van der Waals surface area contributed by atoms with Gasteiger partial charge in [0.25, 0.3) is 0 Å². The Morgan fingerprint density at radius 2 is 1.86 bits per heavy atom. The van der Waals surface area contributed by atoms with Gasteiger partial charge in [-0.05, 0) is 48.2 Å². The van der Waals surface area contributed by atoms with Gasteiger partial charge in [0.2, 0.25) is 0 Å². The van der Waals surface area contributed by atoms with Gasteiger partial charge in [-0.25, -0.2) is 0 Å². The van der Waals surface area contributed by atoms with E-state index in [1.165, 1.54) is 5.39 Å². The molecule has 0 aromatic heterocycles. The summed E-state index contributed by atoms with van der Waals surface area (Å²) in [6.07, 6.45) is 1.56. The van der Waals surface area contributed by atoms with Crippen molar-refractivity contribution >= 4 is 16.7 Å². The Morgan fingerprint density at radius 1 is 1.11 bits per heavy atom. The lowest BCUT2D eigenvalue weighted by Crippen LogP contribution is -2.39. The van der Waals surface area contributed by atoms with E-state index in [0.29, 0.717) is 13.0 Å². The first-order valence-corrected chi connectivity index (χ1v) is 9.88. The summed E-state index contributed by atoms with van der Waals surface area (Å²) < 4.78 is 5.91. The summed E-state index contributed by atoms with van der Waals surface area (Å²) in [5.74, 6) is 0.0661. The molecule has 0 radical (unpaired) electrons. The standard InChI is InChI=1S/C24H25NO3/c1-2-28-22-12-6-5-10-20(22)23(25-15-7-11-21(25)24(26)27)19-14-13-17-8-3-4-9-18(17)16-19/h3-6,8-10,12-14,16,21,23H,2,7,11,15H2,1H3,(H,26,27). The van der Waals surface area contributed by atoms with Crippen LogP contribution in [0.1, 0.15) is 36.9 Å². The van der Waals surface area contributed by atoms with Gasteiger partial charge < -0.3 is 9.84 Å². The molecule has 4 heteroatoms. The molecule has 1 N–H and O–H groups in total. The first kappa shape index (κ1) is 18.5. The SMILES string of the molecule is CCOc1ccccc1C(c1ccc2ccccc2c1)N1CCCC1C(=O)O. The number of aliphatic carboxylic acids is 1. The molecule has 28 heavy (non-hydrogen) atoms. The second-order valence-electron chi connectivity index (χ2n) is 7.21. The average Bonchev–Trinajstić information content (AvgIpc) is 3.19. The van der Waals surface area contributed by atoms with Crippen LogP contribution in [0, 0.1) is 0 Å². The third-order valence-corrected chi connectivity index (χ3v) is 5.51. The topological polar surface area (TPSA) is 49.8 Å². The zero-order valence-electron chi connectivity index (χ0n) is 16.0. The van der Waals surface area contributed by atoms with E-state index in [-0.39, 0.29) is 6.04 Å². The molecule has 1 heterocycles. The highest BCUT2D eigenvalue weighted by Crippen LogP contribution is 2.39. The molecule has 1 saturated heterocycles. The number of fused-ring (bicyclic) bond motifs is 1. The lowest BCUT2D eigenvalue weighted by molar-refractivity contribution is -0.142. The van der Waals surface area contributed by atoms with Gasteiger partial charge in [-0.15, -0.1) is 0 Å². The summed E-state index contributed by atoms with van der Waals surface area (Å²) in [6, 6.07) is 22.0. The molecule has 1 fully saturated rings. The molecule has 144 valence electrons. The molecule has 4 nitrogen and oxygen atoms in total. The van der Waals surface area contributed by atoms with E-state index in [9.17, 15) is 9.90 Å². The number of carboxylic acids is 1. The minimum atomic E-state index is -0.753. The molecular weight excluding hydrogens is 350 g/mol. The number of carbonyl (C=O) groups is 1. The molecule has 0 aliphatic carbocycles. The Labute approximate surface area is 165 Å². The van der Waals surface area contributed by atoms with Crippen LogP contribution in [-0.4, -0.2) is 35.2 Å². The fourth-order valence-electron chi connectivity index (χ4n) is 4.28. The maximum Gasteiger partial charge on any atom is 0.320 e. The van der Waals surface area contributed by atoms with Crippen LogP contribution in [0.2, 0.25) is 0 Å². The van der Waals surface area contributed by atoms with Crippen molar-refractivity contribution in [3.8, 4) is 5.75 Å². The Bertz CT molecular complexity index is 984. The van der Waals surface area contributed by atoms with Gasteiger partial charge in [-0.1, -0.05) is 54.6 Å². The molecular formula is C24H25NO3. The molecule has 4 rings (SSSR count). The Morgan fingerprint density at radius 3 is 2.64 bits per heavy atom. The monoisotopic (exact) mass is 375 g/mol. The summed E-state index contributed by atoms with van der Waals surface area (Å²) in [7, 11) is 0. The lowest BCUT2D eigenvalue weighted by atomic mass is 9.93. The van der Waals surface area contributed by atoms with Gasteiger partial charge in [-0.3, -0.25) is 9.69 Å². The van der Waals surface area contributed by atoms with Crippen molar-refractivity contribution in [1.29, 1.82) is 0 Å². The predicted octanol–water partition coefficient (Wildman–Crippen LogP) is 4.88. The van der Waals surface area contributed by atoms with E-state index < -0.39 is 12.0 Å². The van der Waals surface area contributed by atoms with Gasteiger partial charge in [0.05, 0.1) is 12.6 Å². The zero-order chi connectivity index (χ0) is 19.5. The molecule has 0 saturated carbocycles. The number of para-hydroxylation sites is 1. The highest BCUT2D eigenvalue weighted by Gasteiger charge is 2.37. The Balaban J connectivity index is 1.87. The Hall–Kier alpha value is -2.85. The second kappa shape index (κ2) is 8.03. The average molecular weight is 375 g/mol. The van der Waals surface area contributed by atoms with Crippen LogP contribution in [0.25, 0.3) is 10.8 Å². The lowest BCUT2D eigenvalue weighted by Gasteiger charge is -2.33. The van der Waals surface area contributed by atoms with Gasteiger partial charge in [0.15, 0.2) is 0 Å². The van der Waals surface area contributed by atoms with Crippen LogP contribution in [0.15, 0.2) is 66.7 Å². The second-order valence-corrected chi connectivity index (χ2v) is 7.21. The van der Waals surface area contributed by atoms with Crippen LogP contribution >= 0.6 is 0 Å². The highest BCUT2D eigenvalue weighted by atomic mass is 16.5. The zero-order valence-corrected chi connectivity index (χ0v) is 16.0. The smallest absolute Gasteiger partial charge is 0.320 e. The van der Waals surface area contributed by atoms with Gasteiger partial charge in [0, 0.05) is 12.1 Å². The number of benzene rings is 3. The summed E-state index contributed by atoms with van der Waals surface area (Å²) in [5.41, 5.74) is 2.12. The molecule has 3 aromatic carbocycles. The third kappa shape index (κ3) is 3.48. The molecule has 1 aliphatic rings. The number of carboxylic acid groups (broad SMARTS) is 1. The van der Waals surface area contributed by atoms with Crippen LogP contribution in [0.4, 0.5) is 0 Å². The molecule has 0 spiro atoms. The number of rotatable bonds is 6. The molecule has 3 aromatic rings.